The molecule has 1 amide bonds. The summed E-state index contributed by atoms with van der Waals surface area (Å²) < 4.78 is 6.39. The number of aromatic nitrogens is 2. The van der Waals surface area contributed by atoms with Gasteiger partial charge in [0.25, 0.3) is 5.91 Å². The lowest BCUT2D eigenvalue weighted by atomic mass is 10.1. The third-order valence-corrected chi connectivity index (χ3v) is 3.66. The predicted octanol–water partition coefficient (Wildman–Crippen LogP) is 2.26. The van der Waals surface area contributed by atoms with E-state index in [4.69, 9.17) is 27.9 Å². The molecule has 1 heterocycles. The van der Waals surface area contributed by atoms with E-state index in [0.29, 0.717) is 15.6 Å². The molecule has 0 saturated carbocycles. The summed E-state index contributed by atoms with van der Waals surface area (Å²) in [5.41, 5.74) is 0.818. The van der Waals surface area contributed by atoms with Gasteiger partial charge in [0.2, 0.25) is 0 Å². The Kier molecular flexibility index (Phi) is 5.79. The zero-order valence-corrected chi connectivity index (χ0v) is 13.3. The van der Waals surface area contributed by atoms with Crippen LogP contribution in [-0.2, 0) is 11.5 Å². The average molecular weight is 344 g/mol. The smallest absolute Gasteiger partial charge is 0.271 e. The molecule has 8 heteroatoms. The quantitative estimate of drug-likeness (QED) is 0.843. The van der Waals surface area contributed by atoms with Gasteiger partial charge in [0.05, 0.1) is 16.1 Å². The Bertz CT molecular complexity index is 661. The van der Waals surface area contributed by atoms with Crippen molar-refractivity contribution in [2.45, 2.75) is 12.8 Å². The van der Waals surface area contributed by atoms with Gasteiger partial charge in [0, 0.05) is 19.9 Å². The molecule has 2 rings (SSSR count). The van der Waals surface area contributed by atoms with Crippen LogP contribution < -0.4 is 5.32 Å². The molecule has 1 aromatic heterocycles. The maximum atomic E-state index is 11.9. The molecule has 0 radical (unpaired) electrons. The minimum atomic E-state index is -0.889. The molecule has 0 aliphatic carbocycles. The molecule has 0 spiro atoms. The highest BCUT2D eigenvalue weighted by molar-refractivity contribution is 6.42. The fraction of sp³-hybridized carbons (Fsp3) is 0.286. The lowest BCUT2D eigenvalue weighted by Crippen LogP contribution is -2.28. The van der Waals surface area contributed by atoms with Crippen molar-refractivity contribution in [2.75, 3.05) is 13.7 Å². The van der Waals surface area contributed by atoms with E-state index in [1.165, 1.54) is 11.8 Å². The highest BCUT2D eigenvalue weighted by atomic mass is 35.5. The molecule has 2 N–H and O–H groups in total. The van der Waals surface area contributed by atoms with E-state index in [9.17, 15) is 9.90 Å². The normalized spacial score (nSPS) is 12.2. The lowest BCUT2D eigenvalue weighted by molar-refractivity contribution is 0.0904. The van der Waals surface area contributed by atoms with Gasteiger partial charge in [-0.1, -0.05) is 29.3 Å². The number of hydrogen-bond acceptors (Lipinski definition) is 4. The monoisotopic (exact) mass is 343 g/mol. The van der Waals surface area contributed by atoms with Gasteiger partial charge < -0.3 is 15.2 Å². The van der Waals surface area contributed by atoms with Gasteiger partial charge in [0.1, 0.15) is 12.4 Å². The maximum Gasteiger partial charge on any atom is 0.271 e. The van der Waals surface area contributed by atoms with Crippen molar-refractivity contribution in [1.82, 2.24) is 15.1 Å². The second-order valence-electron chi connectivity index (χ2n) is 4.56. The molecular formula is C14H15Cl2N3O3. The molecule has 2 aromatic rings. The number of carbonyl (C=O) groups excluding carboxylic acids is 1. The molecule has 1 aromatic carbocycles. The summed E-state index contributed by atoms with van der Waals surface area (Å²) in [5, 5.41) is 17.5. The third-order valence-electron chi connectivity index (χ3n) is 2.92. The minimum absolute atomic E-state index is 0.0356. The zero-order chi connectivity index (χ0) is 16.1. The van der Waals surface area contributed by atoms with E-state index in [1.807, 2.05) is 0 Å². The van der Waals surface area contributed by atoms with Crippen LogP contribution in [0.15, 0.2) is 30.5 Å². The van der Waals surface area contributed by atoms with E-state index in [-0.39, 0.29) is 24.9 Å². The Labute approximate surface area is 137 Å². The van der Waals surface area contributed by atoms with Crippen LogP contribution in [0.2, 0.25) is 10.0 Å². The highest BCUT2D eigenvalue weighted by Crippen LogP contribution is 2.25. The molecule has 0 bridgehead atoms. The number of nitrogens with zero attached hydrogens (tertiary/aromatic N) is 2. The fourth-order valence-electron chi connectivity index (χ4n) is 1.80. The number of methoxy groups -OCH3 is 1. The number of hydrogen-bond donors (Lipinski definition) is 2. The first-order valence-electron chi connectivity index (χ1n) is 6.45. The Balaban J connectivity index is 1.93. The Hall–Kier alpha value is -1.60. The molecule has 0 fully saturated rings. The summed E-state index contributed by atoms with van der Waals surface area (Å²) in [5.74, 6) is -0.381. The number of halogens is 2. The van der Waals surface area contributed by atoms with E-state index >= 15 is 0 Å². The number of carbonyl (C=O) groups is 1. The van der Waals surface area contributed by atoms with Gasteiger partial charge in [-0.25, -0.2) is 4.68 Å². The second-order valence-corrected chi connectivity index (χ2v) is 5.37. The van der Waals surface area contributed by atoms with Crippen LogP contribution in [0.1, 0.15) is 22.2 Å². The SMILES string of the molecule is COCn1ccc(C(=O)NCC(O)c2ccc(Cl)c(Cl)c2)n1. The van der Waals surface area contributed by atoms with Crippen LogP contribution >= 0.6 is 23.2 Å². The predicted molar refractivity (Wildman–Crippen MR) is 83.0 cm³/mol. The standard InChI is InChI=1S/C14H15Cl2N3O3/c1-22-8-19-5-4-12(18-19)14(21)17-7-13(20)9-2-3-10(15)11(16)6-9/h2-6,13,20H,7-8H2,1H3,(H,17,21). The summed E-state index contributed by atoms with van der Waals surface area (Å²) >= 11 is 11.7. The topological polar surface area (TPSA) is 76.4 Å². The van der Waals surface area contributed by atoms with Crippen molar-refractivity contribution in [3.8, 4) is 0 Å². The second kappa shape index (κ2) is 7.60. The van der Waals surface area contributed by atoms with E-state index < -0.39 is 6.10 Å². The van der Waals surface area contributed by atoms with Crippen molar-refractivity contribution in [2.24, 2.45) is 0 Å². The molecule has 1 unspecified atom stereocenters. The van der Waals surface area contributed by atoms with Crippen LogP contribution in [0.5, 0.6) is 0 Å². The lowest BCUT2D eigenvalue weighted by Gasteiger charge is -2.12. The van der Waals surface area contributed by atoms with Crippen molar-refractivity contribution in [3.63, 3.8) is 0 Å². The number of ether oxygens (including phenoxy) is 1. The van der Waals surface area contributed by atoms with Gasteiger partial charge in [-0.05, 0) is 23.8 Å². The Morgan fingerprint density at radius 2 is 2.18 bits per heavy atom. The molecule has 118 valence electrons. The molecule has 22 heavy (non-hydrogen) atoms. The molecule has 1 atom stereocenters. The number of nitrogens with one attached hydrogen (secondary N) is 1. The van der Waals surface area contributed by atoms with Gasteiger partial charge in [0.15, 0.2) is 0 Å². The number of aliphatic hydroxyl groups is 1. The molecular weight excluding hydrogens is 329 g/mol. The van der Waals surface area contributed by atoms with Crippen LogP contribution in [0.4, 0.5) is 0 Å². The van der Waals surface area contributed by atoms with Crippen molar-refractivity contribution in [1.29, 1.82) is 0 Å². The van der Waals surface area contributed by atoms with Gasteiger partial charge in [-0.15, -0.1) is 0 Å². The van der Waals surface area contributed by atoms with E-state index in [2.05, 4.69) is 10.4 Å². The molecule has 0 aliphatic heterocycles. The van der Waals surface area contributed by atoms with E-state index in [0.717, 1.165) is 0 Å². The first-order chi connectivity index (χ1) is 10.5. The van der Waals surface area contributed by atoms with Crippen LogP contribution in [0.3, 0.4) is 0 Å². The Morgan fingerprint density at radius 1 is 1.41 bits per heavy atom. The molecule has 6 nitrogen and oxygen atoms in total. The third kappa shape index (κ3) is 4.20. The largest absolute Gasteiger partial charge is 0.387 e. The van der Waals surface area contributed by atoms with Gasteiger partial charge >= 0.3 is 0 Å². The number of aliphatic hydroxyl groups excluding tert-OH is 1. The number of benzene rings is 1. The summed E-state index contributed by atoms with van der Waals surface area (Å²) in [6.07, 6.45) is 0.744. The maximum absolute atomic E-state index is 11.9. The summed E-state index contributed by atoms with van der Waals surface area (Å²) in [6.45, 7) is 0.299. The van der Waals surface area contributed by atoms with Crippen molar-refractivity contribution in [3.05, 3.63) is 51.8 Å². The van der Waals surface area contributed by atoms with Crippen LogP contribution in [0, 0.1) is 0 Å². The average Bonchev–Trinajstić information content (AvgIpc) is 2.96. The number of rotatable bonds is 6. The summed E-state index contributed by atoms with van der Waals surface area (Å²) in [6, 6.07) is 6.38. The first kappa shape index (κ1) is 16.8. The summed E-state index contributed by atoms with van der Waals surface area (Å²) in [4.78, 5) is 11.9. The summed E-state index contributed by atoms with van der Waals surface area (Å²) in [7, 11) is 1.54. The van der Waals surface area contributed by atoms with Crippen LogP contribution in [0.25, 0.3) is 0 Å². The molecule has 0 saturated heterocycles. The van der Waals surface area contributed by atoms with Crippen molar-refractivity contribution >= 4 is 29.1 Å². The highest BCUT2D eigenvalue weighted by Gasteiger charge is 2.14. The molecule has 0 aliphatic rings. The number of amides is 1. The van der Waals surface area contributed by atoms with Gasteiger partial charge in [-0.3, -0.25) is 4.79 Å². The fourth-order valence-corrected chi connectivity index (χ4v) is 2.11. The van der Waals surface area contributed by atoms with E-state index in [1.54, 1.807) is 30.5 Å². The van der Waals surface area contributed by atoms with Crippen LogP contribution in [-0.4, -0.2) is 34.4 Å². The van der Waals surface area contributed by atoms with Gasteiger partial charge in [-0.2, -0.15) is 5.10 Å². The minimum Gasteiger partial charge on any atom is -0.387 e. The van der Waals surface area contributed by atoms with Crippen molar-refractivity contribution < 1.29 is 14.6 Å². The zero-order valence-electron chi connectivity index (χ0n) is 11.8. The first-order valence-corrected chi connectivity index (χ1v) is 7.20. The Morgan fingerprint density at radius 3 is 2.86 bits per heavy atom.